The van der Waals surface area contributed by atoms with Crippen molar-refractivity contribution in [3.63, 3.8) is 0 Å². The topological polar surface area (TPSA) is 106 Å². The summed E-state index contributed by atoms with van der Waals surface area (Å²) in [5.74, 6) is -0.366. The lowest BCUT2D eigenvalue weighted by atomic mass is 10.2. The molecule has 0 amide bonds. The van der Waals surface area contributed by atoms with E-state index in [0.717, 1.165) is 11.3 Å². The molecule has 4 aromatic rings. The molecule has 3 aromatic carbocycles. The summed E-state index contributed by atoms with van der Waals surface area (Å²) in [7, 11) is 4.16. The van der Waals surface area contributed by atoms with Crippen molar-refractivity contribution in [2.24, 2.45) is 0 Å². The van der Waals surface area contributed by atoms with Gasteiger partial charge in [0.2, 0.25) is 5.75 Å². The molecule has 0 aliphatic heterocycles. The van der Waals surface area contributed by atoms with Gasteiger partial charge >= 0.3 is 11.9 Å². The highest BCUT2D eigenvalue weighted by Crippen LogP contribution is 2.33. The van der Waals surface area contributed by atoms with Crippen molar-refractivity contribution in [1.82, 2.24) is 9.97 Å². The van der Waals surface area contributed by atoms with Gasteiger partial charge in [0.15, 0.2) is 11.5 Å². The summed E-state index contributed by atoms with van der Waals surface area (Å²) < 4.78 is 26.8. The Labute approximate surface area is 213 Å². The molecule has 0 N–H and O–H groups in total. The maximum Gasteiger partial charge on any atom is 0.360 e. The van der Waals surface area contributed by atoms with Crippen LogP contribution in [0.25, 0.3) is 11.4 Å². The normalized spacial score (nSPS) is 10.4. The van der Waals surface area contributed by atoms with Gasteiger partial charge in [-0.15, -0.1) is 0 Å². The van der Waals surface area contributed by atoms with Gasteiger partial charge in [0, 0.05) is 5.56 Å². The molecule has 0 radical (unpaired) electrons. The van der Waals surface area contributed by atoms with Gasteiger partial charge in [-0.05, 0) is 42.0 Å². The molecule has 9 heteroatoms. The van der Waals surface area contributed by atoms with Crippen LogP contribution in [0.3, 0.4) is 0 Å². The second-order valence-electron chi connectivity index (χ2n) is 7.65. The molecule has 4 rings (SSSR count). The van der Waals surface area contributed by atoms with Crippen molar-refractivity contribution in [3.05, 3.63) is 95.7 Å². The summed E-state index contributed by atoms with van der Waals surface area (Å²) in [6.45, 7) is 0.333. The maximum atomic E-state index is 12.7. The first-order valence-electron chi connectivity index (χ1n) is 11.2. The number of methoxy groups -OCH3 is 3. The molecule has 0 saturated carbocycles. The van der Waals surface area contributed by atoms with Gasteiger partial charge in [0.05, 0.1) is 26.9 Å². The van der Waals surface area contributed by atoms with Crippen LogP contribution in [0.1, 0.15) is 26.4 Å². The second kappa shape index (κ2) is 11.7. The smallest absolute Gasteiger partial charge is 0.360 e. The Morgan fingerprint density at radius 1 is 0.757 bits per heavy atom. The summed E-state index contributed by atoms with van der Waals surface area (Å²) in [6, 6.07) is 22.9. The van der Waals surface area contributed by atoms with Crippen LogP contribution in [-0.2, 0) is 11.3 Å². The summed E-state index contributed by atoms with van der Waals surface area (Å²) in [6.07, 6.45) is 0. The van der Waals surface area contributed by atoms with Crippen LogP contribution in [0, 0.1) is 0 Å². The largest absolute Gasteiger partial charge is 0.497 e. The maximum absolute atomic E-state index is 12.7. The van der Waals surface area contributed by atoms with Crippen LogP contribution < -0.4 is 18.9 Å². The van der Waals surface area contributed by atoms with E-state index < -0.39 is 11.9 Å². The summed E-state index contributed by atoms with van der Waals surface area (Å²) in [5.41, 5.74) is 1.54. The molecular weight excluding hydrogens is 476 g/mol. The van der Waals surface area contributed by atoms with Gasteiger partial charge in [0.25, 0.3) is 5.88 Å². The molecule has 1 aromatic heterocycles. The molecule has 0 spiro atoms. The number of esters is 2. The zero-order chi connectivity index (χ0) is 26.2. The predicted octanol–water partition coefficient (Wildman–Crippen LogP) is 4.75. The van der Waals surface area contributed by atoms with Gasteiger partial charge in [-0.3, -0.25) is 0 Å². The van der Waals surface area contributed by atoms with Crippen LogP contribution in [0.2, 0.25) is 0 Å². The second-order valence-corrected chi connectivity index (χ2v) is 7.65. The Bertz CT molecular complexity index is 1390. The van der Waals surface area contributed by atoms with Crippen molar-refractivity contribution < 1.29 is 33.3 Å². The van der Waals surface area contributed by atoms with Crippen LogP contribution in [0.15, 0.2) is 78.9 Å². The molecule has 0 atom stereocenters. The van der Waals surface area contributed by atoms with E-state index in [9.17, 15) is 9.59 Å². The summed E-state index contributed by atoms with van der Waals surface area (Å²) in [4.78, 5) is 34.0. The predicted molar refractivity (Wildman–Crippen MR) is 134 cm³/mol. The first kappa shape index (κ1) is 25.2. The van der Waals surface area contributed by atoms with E-state index in [1.54, 1.807) is 61.7 Å². The Morgan fingerprint density at radius 3 is 2.19 bits per heavy atom. The van der Waals surface area contributed by atoms with E-state index in [-0.39, 0.29) is 28.7 Å². The van der Waals surface area contributed by atoms with E-state index in [0.29, 0.717) is 17.9 Å². The Hall–Kier alpha value is -4.92. The monoisotopic (exact) mass is 500 g/mol. The molecule has 0 aliphatic rings. The van der Waals surface area contributed by atoms with Crippen LogP contribution in [0.5, 0.6) is 23.1 Å². The fourth-order valence-corrected chi connectivity index (χ4v) is 3.36. The summed E-state index contributed by atoms with van der Waals surface area (Å²) in [5, 5.41) is 0. The number of benzene rings is 3. The lowest BCUT2D eigenvalue weighted by molar-refractivity contribution is 0.0583. The lowest BCUT2D eigenvalue weighted by Crippen LogP contribution is -2.16. The van der Waals surface area contributed by atoms with E-state index in [2.05, 4.69) is 9.97 Å². The molecule has 9 nitrogen and oxygen atoms in total. The average Bonchev–Trinajstić information content (AvgIpc) is 2.96. The molecule has 0 fully saturated rings. The Kier molecular flexibility index (Phi) is 7.95. The van der Waals surface area contributed by atoms with Gasteiger partial charge in [0.1, 0.15) is 18.1 Å². The lowest BCUT2D eigenvalue weighted by Gasteiger charge is -2.14. The molecule has 0 saturated heterocycles. The third-order valence-electron chi connectivity index (χ3n) is 5.27. The SMILES string of the molecule is COC(=O)c1nc(-c2cccc(OCc3ccc(OC)cc3)c2)nc(OC)c1OC(=O)c1ccccc1. The average molecular weight is 501 g/mol. The van der Waals surface area contributed by atoms with Gasteiger partial charge < -0.3 is 23.7 Å². The van der Waals surface area contributed by atoms with Crippen molar-refractivity contribution in [3.8, 4) is 34.5 Å². The van der Waals surface area contributed by atoms with Gasteiger partial charge in [-0.1, -0.05) is 42.5 Å². The number of aromatic nitrogens is 2. The van der Waals surface area contributed by atoms with E-state index in [1.807, 2.05) is 24.3 Å². The number of ether oxygens (including phenoxy) is 5. The Balaban J connectivity index is 1.63. The van der Waals surface area contributed by atoms with E-state index in [4.69, 9.17) is 23.7 Å². The molecule has 1 heterocycles. The standard InChI is InChI=1S/C28H24N2O7/c1-33-21-14-12-18(13-15-21)17-36-22-11-7-10-20(16-22)25-29-23(28(32)35-3)24(26(30-25)34-2)37-27(31)19-8-5-4-6-9-19/h4-16H,17H2,1-3H3. The fraction of sp³-hybridized carbons (Fsp3) is 0.143. The summed E-state index contributed by atoms with van der Waals surface area (Å²) >= 11 is 0. The first-order valence-corrected chi connectivity index (χ1v) is 11.2. The van der Waals surface area contributed by atoms with Crippen LogP contribution >= 0.6 is 0 Å². The number of nitrogens with zero attached hydrogens (tertiary/aromatic N) is 2. The minimum atomic E-state index is -0.815. The minimum absolute atomic E-state index is 0.0979. The number of carbonyl (C=O) groups excluding carboxylic acids is 2. The van der Waals surface area contributed by atoms with E-state index >= 15 is 0 Å². The first-order chi connectivity index (χ1) is 18.0. The quantitative estimate of drug-likeness (QED) is 0.301. The molecule has 0 bridgehead atoms. The van der Waals surface area contributed by atoms with Crippen LogP contribution in [-0.4, -0.2) is 43.2 Å². The number of carbonyl (C=O) groups is 2. The van der Waals surface area contributed by atoms with Crippen molar-refractivity contribution in [2.45, 2.75) is 6.61 Å². The third-order valence-corrected chi connectivity index (χ3v) is 5.27. The molecule has 37 heavy (non-hydrogen) atoms. The molecule has 0 aliphatic carbocycles. The highest BCUT2D eigenvalue weighted by atomic mass is 16.6. The third kappa shape index (κ3) is 6.02. The van der Waals surface area contributed by atoms with Crippen LogP contribution in [0.4, 0.5) is 0 Å². The van der Waals surface area contributed by atoms with Crippen molar-refractivity contribution in [2.75, 3.05) is 21.3 Å². The van der Waals surface area contributed by atoms with Gasteiger partial charge in [-0.2, -0.15) is 4.98 Å². The minimum Gasteiger partial charge on any atom is -0.497 e. The molecular formula is C28H24N2O7. The highest BCUT2D eigenvalue weighted by molar-refractivity contribution is 5.96. The zero-order valence-corrected chi connectivity index (χ0v) is 20.5. The fourth-order valence-electron chi connectivity index (χ4n) is 3.36. The van der Waals surface area contributed by atoms with Crippen molar-refractivity contribution >= 4 is 11.9 Å². The van der Waals surface area contributed by atoms with E-state index in [1.165, 1.54) is 14.2 Å². The Morgan fingerprint density at radius 2 is 1.51 bits per heavy atom. The van der Waals surface area contributed by atoms with Crippen molar-refractivity contribution in [1.29, 1.82) is 0 Å². The number of hydrogen-bond acceptors (Lipinski definition) is 9. The number of hydrogen-bond donors (Lipinski definition) is 0. The zero-order valence-electron chi connectivity index (χ0n) is 20.5. The molecule has 0 unspecified atom stereocenters. The highest BCUT2D eigenvalue weighted by Gasteiger charge is 2.26. The van der Waals surface area contributed by atoms with Gasteiger partial charge in [-0.25, -0.2) is 14.6 Å². The molecule has 188 valence electrons. The number of rotatable bonds is 9.